The van der Waals surface area contributed by atoms with Gasteiger partial charge in [0.2, 0.25) is 11.8 Å². The number of amides is 3. The van der Waals surface area contributed by atoms with Gasteiger partial charge in [0, 0.05) is 6.42 Å². The molecule has 32 heavy (non-hydrogen) atoms. The molecule has 3 atom stereocenters. The summed E-state index contributed by atoms with van der Waals surface area (Å²) in [4.78, 5) is 48.8. The Balaban J connectivity index is 2.67. The quantitative estimate of drug-likeness (QED) is 0.444. The van der Waals surface area contributed by atoms with Crippen molar-refractivity contribution in [2.75, 3.05) is 0 Å². The maximum Gasteiger partial charge on any atom is 0.408 e. The fourth-order valence-corrected chi connectivity index (χ4v) is 2.76. The Hall–Kier alpha value is -3.10. The minimum absolute atomic E-state index is 0.0195. The third-order valence-electron chi connectivity index (χ3n) is 4.71. The molecule has 9 nitrogen and oxygen atoms in total. The molecule has 4 N–H and O–H groups in total. The summed E-state index contributed by atoms with van der Waals surface area (Å²) in [5.41, 5.74) is 5.52. The summed E-state index contributed by atoms with van der Waals surface area (Å²) in [6.45, 7) is 8.92. The van der Waals surface area contributed by atoms with E-state index in [-0.39, 0.29) is 25.4 Å². The number of esters is 1. The molecule has 0 spiro atoms. The number of carbonyl (C=O) groups is 4. The number of nitrogens with two attached hydrogens (primary N) is 1. The zero-order valence-corrected chi connectivity index (χ0v) is 19.5. The van der Waals surface area contributed by atoms with Crippen LogP contribution in [0.1, 0.15) is 59.4 Å². The Bertz CT molecular complexity index is 776. The first-order valence-electron chi connectivity index (χ1n) is 10.7. The van der Waals surface area contributed by atoms with E-state index in [0.29, 0.717) is 6.42 Å². The van der Waals surface area contributed by atoms with Crippen molar-refractivity contribution >= 4 is 23.9 Å². The van der Waals surface area contributed by atoms with Crippen molar-refractivity contribution in [1.29, 1.82) is 0 Å². The molecule has 0 aliphatic carbocycles. The summed E-state index contributed by atoms with van der Waals surface area (Å²) in [6, 6.07) is 7.16. The maximum absolute atomic E-state index is 12.8. The van der Waals surface area contributed by atoms with Crippen LogP contribution in [0, 0.1) is 5.92 Å². The molecule has 178 valence electrons. The molecule has 0 radical (unpaired) electrons. The van der Waals surface area contributed by atoms with Crippen molar-refractivity contribution in [2.24, 2.45) is 11.7 Å². The summed E-state index contributed by atoms with van der Waals surface area (Å²) in [5.74, 6) is -2.10. The number of hydrogen-bond donors (Lipinski definition) is 3. The molecule has 3 amide bonds. The summed E-state index contributed by atoms with van der Waals surface area (Å²) < 4.78 is 10.4. The summed E-state index contributed by atoms with van der Waals surface area (Å²) >= 11 is 0. The maximum atomic E-state index is 12.8. The second-order valence-electron chi connectivity index (χ2n) is 8.66. The highest BCUT2D eigenvalue weighted by Gasteiger charge is 2.31. The topological polar surface area (TPSA) is 137 Å². The highest BCUT2D eigenvalue weighted by Crippen LogP contribution is 2.12. The Labute approximate surface area is 189 Å². The van der Waals surface area contributed by atoms with Gasteiger partial charge in [0.1, 0.15) is 24.3 Å². The van der Waals surface area contributed by atoms with Gasteiger partial charge in [-0.2, -0.15) is 0 Å². The average molecular weight is 450 g/mol. The van der Waals surface area contributed by atoms with Gasteiger partial charge in [-0.25, -0.2) is 4.79 Å². The third kappa shape index (κ3) is 10.3. The average Bonchev–Trinajstić information content (AvgIpc) is 2.71. The Morgan fingerprint density at radius 1 is 1.06 bits per heavy atom. The van der Waals surface area contributed by atoms with Crippen LogP contribution >= 0.6 is 0 Å². The number of nitrogens with one attached hydrogen (secondary N) is 2. The van der Waals surface area contributed by atoms with Crippen LogP contribution in [0.25, 0.3) is 0 Å². The molecule has 0 saturated heterocycles. The lowest BCUT2D eigenvalue weighted by Gasteiger charge is -2.27. The normalized spacial score (nSPS) is 13.9. The van der Waals surface area contributed by atoms with E-state index < -0.39 is 41.6 Å². The van der Waals surface area contributed by atoms with E-state index >= 15 is 0 Å². The molecule has 3 unspecified atom stereocenters. The van der Waals surface area contributed by atoms with Gasteiger partial charge in [-0.15, -0.1) is 0 Å². The lowest BCUT2D eigenvalue weighted by Crippen LogP contribution is -2.55. The van der Waals surface area contributed by atoms with Gasteiger partial charge in [-0.1, -0.05) is 50.6 Å². The van der Waals surface area contributed by atoms with Crippen molar-refractivity contribution in [1.82, 2.24) is 10.6 Å². The Morgan fingerprint density at radius 2 is 1.69 bits per heavy atom. The Morgan fingerprint density at radius 3 is 2.22 bits per heavy atom. The number of carbonyl (C=O) groups excluding carboxylic acids is 4. The first-order valence-corrected chi connectivity index (χ1v) is 10.7. The highest BCUT2D eigenvalue weighted by atomic mass is 16.6. The van der Waals surface area contributed by atoms with Crippen molar-refractivity contribution in [3.63, 3.8) is 0 Å². The molecule has 9 heteroatoms. The van der Waals surface area contributed by atoms with E-state index in [1.54, 1.807) is 27.7 Å². The molecular formula is C23H35N3O6. The number of alkyl carbamates (subject to hydrolysis) is 1. The van der Waals surface area contributed by atoms with E-state index in [1.165, 1.54) is 0 Å². The van der Waals surface area contributed by atoms with Gasteiger partial charge in [-0.05, 0) is 38.7 Å². The molecule has 1 rings (SSSR count). The fraction of sp³-hybridized carbons (Fsp3) is 0.565. The standard InChI is InChI=1S/C23H35N3O6/c1-6-15(2)19(26-22(30)32-23(3,4)5)21(29)25-17(20(24)28)12-13-18(27)31-14-16-10-8-7-9-11-16/h7-11,15,17,19H,6,12-14H2,1-5H3,(H2,24,28)(H,25,29)(H,26,30). The fourth-order valence-electron chi connectivity index (χ4n) is 2.76. The zero-order valence-electron chi connectivity index (χ0n) is 19.5. The molecule has 1 aromatic carbocycles. The van der Waals surface area contributed by atoms with Crippen LogP contribution in [0.2, 0.25) is 0 Å². The first-order chi connectivity index (χ1) is 14.9. The molecule has 1 aromatic rings. The SMILES string of the molecule is CCC(C)C(NC(=O)OC(C)(C)C)C(=O)NC(CCC(=O)OCc1ccccc1)C(N)=O. The molecule has 0 aromatic heterocycles. The zero-order chi connectivity index (χ0) is 24.3. The smallest absolute Gasteiger partial charge is 0.408 e. The van der Waals surface area contributed by atoms with Gasteiger partial charge >= 0.3 is 12.1 Å². The van der Waals surface area contributed by atoms with Crippen LogP contribution in [-0.2, 0) is 30.5 Å². The van der Waals surface area contributed by atoms with Crippen LogP contribution < -0.4 is 16.4 Å². The number of ether oxygens (including phenoxy) is 2. The molecule has 0 bridgehead atoms. The summed E-state index contributed by atoms with van der Waals surface area (Å²) in [6.07, 6.45) is -0.262. The summed E-state index contributed by atoms with van der Waals surface area (Å²) in [7, 11) is 0. The van der Waals surface area contributed by atoms with Gasteiger partial charge in [0.25, 0.3) is 0 Å². The molecule has 0 aliphatic rings. The van der Waals surface area contributed by atoms with Crippen molar-refractivity contribution in [3.05, 3.63) is 35.9 Å². The molecule has 0 saturated carbocycles. The van der Waals surface area contributed by atoms with E-state index in [4.69, 9.17) is 15.2 Å². The number of hydrogen-bond acceptors (Lipinski definition) is 6. The van der Waals surface area contributed by atoms with E-state index in [2.05, 4.69) is 10.6 Å². The number of primary amides is 1. The minimum atomic E-state index is -1.08. The Kier molecular flexibility index (Phi) is 10.7. The van der Waals surface area contributed by atoms with Gasteiger partial charge in [0.15, 0.2) is 0 Å². The largest absolute Gasteiger partial charge is 0.461 e. The number of rotatable bonds is 11. The first kappa shape index (κ1) is 26.9. The van der Waals surface area contributed by atoms with Gasteiger partial charge in [0.05, 0.1) is 0 Å². The molecule has 0 aliphatic heterocycles. The lowest BCUT2D eigenvalue weighted by atomic mass is 9.98. The van der Waals surface area contributed by atoms with Gasteiger partial charge in [-0.3, -0.25) is 14.4 Å². The van der Waals surface area contributed by atoms with E-state index in [0.717, 1.165) is 5.56 Å². The van der Waals surface area contributed by atoms with Crippen LogP contribution in [0.15, 0.2) is 30.3 Å². The van der Waals surface area contributed by atoms with Crippen LogP contribution in [0.4, 0.5) is 4.79 Å². The number of benzene rings is 1. The van der Waals surface area contributed by atoms with Crippen LogP contribution in [-0.4, -0.2) is 41.6 Å². The second-order valence-corrected chi connectivity index (χ2v) is 8.66. The lowest BCUT2D eigenvalue weighted by molar-refractivity contribution is -0.145. The molecular weight excluding hydrogens is 414 g/mol. The molecule has 0 fully saturated rings. The van der Waals surface area contributed by atoms with E-state index in [9.17, 15) is 19.2 Å². The van der Waals surface area contributed by atoms with Crippen molar-refractivity contribution < 1.29 is 28.7 Å². The minimum Gasteiger partial charge on any atom is -0.461 e. The second kappa shape index (κ2) is 12.7. The molecule has 0 heterocycles. The summed E-state index contributed by atoms with van der Waals surface area (Å²) in [5, 5.41) is 5.09. The van der Waals surface area contributed by atoms with Crippen molar-refractivity contribution in [3.8, 4) is 0 Å². The predicted molar refractivity (Wildman–Crippen MR) is 119 cm³/mol. The van der Waals surface area contributed by atoms with Crippen LogP contribution in [0.5, 0.6) is 0 Å². The highest BCUT2D eigenvalue weighted by molar-refractivity contribution is 5.91. The van der Waals surface area contributed by atoms with E-state index in [1.807, 2.05) is 37.3 Å². The van der Waals surface area contributed by atoms with Crippen LogP contribution in [0.3, 0.4) is 0 Å². The predicted octanol–water partition coefficient (Wildman–Crippen LogP) is 2.42. The third-order valence-corrected chi connectivity index (χ3v) is 4.71. The van der Waals surface area contributed by atoms with Gasteiger partial charge < -0.3 is 25.8 Å². The van der Waals surface area contributed by atoms with Crippen molar-refractivity contribution in [2.45, 2.75) is 78.2 Å². The monoisotopic (exact) mass is 449 g/mol.